The Morgan fingerprint density at radius 1 is 1.50 bits per heavy atom. The molecule has 0 unspecified atom stereocenters. The molecule has 3 heteroatoms. The molecular formula is C7H16ClNO. The summed E-state index contributed by atoms with van der Waals surface area (Å²) in [5.41, 5.74) is 0.289. The van der Waals surface area contributed by atoms with Gasteiger partial charge >= 0.3 is 0 Å². The average Bonchev–Trinajstić information content (AvgIpc) is 1.60. The lowest BCUT2D eigenvalue weighted by molar-refractivity contribution is 0.0806. The van der Waals surface area contributed by atoms with E-state index < -0.39 is 0 Å². The first-order chi connectivity index (χ1) is 4.10. The van der Waals surface area contributed by atoms with Crippen molar-refractivity contribution in [3.05, 3.63) is 0 Å². The van der Waals surface area contributed by atoms with Crippen molar-refractivity contribution in [3.63, 3.8) is 0 Å². The van der Waals surface area contributed by atoms with E-state index in [0.717, 1.165) is 19.5 Å². The van der Waals surface area contributed by atoms with Crippen LogP contribution >= 0.6 is 12.4 Å². The molecule has 1 saturated heterocycles. The Labute approximate surface area is 68.4 Å². The summed E-state index contributed by atoms with van der Waals surface area (Å²) in [6, 6.07) is 0. The molecule has 1 aliphatic heterocycles. The molecule has 1 heterocycles. The van der Waals surface area contributed by atoms with E-state index in [9.17, 15) is 5.11 Å². The van der Waals surface area contributed by atoms with E-state index in [-0.39, 0.29) is 23.9 Å². The molecule has 1 atom stereocenters. The predicted octanol–water partition coefficient (Wildman–Crippen LogP) is 0.789. The van der Waals surface area contributed by atoms with Crippen LogP contribution in [0.25, 0.3) is 0 Å². The first-order valence-corrected chi connectivity index (χ1v) is 3.49. The third kappa shape index (κ3) is 2.86. The highest BCUT2D eigenvalue weighted by atomic mass is 35.5. The Bertz CT molecular complexity index is 106. The number of nitrogens with one attached hydrogen (secondary N) is 1. The van der Waals surface area contributed by atoms with E-state index in [0.29, 0.717) is 0 Å². The van der Waals surface area contributed by atoms with Crippen molar-refractivity contribution in [1.82, 2.24) is 5.32 Å². The van der Waals surface area contributed by atoms with Crippen molar-refractivity contribution in [2.75, 3.05) is 13.1 Å². The number of aliphatic hydroxyl groups excluding tert-OH is 1. The summed E-state index contributed by atoms with van der Waals surface area (Å²) >= 11 is 0. The second kappa shape index (κ2) is 3.56. The van der Waals surface area contributed by atoms with Crippen molar-refractivity contribution in [2.24, 2.45) is 5.41 Å². The van der Waals surface area contributed by atoms with Crippen LogP contribution in [0.4, 0.5) is 0 Å². The molecule has 0 radical (unpaired) electrons. The Balaban J connectivity index is 0.000000810. The van der Waals surface area contributed by atoms with Crippen molar-refractivity contribution >= 4 is 12.4 Å². The average molecular weight is 166 g/mol. The Kier molecular flexibility index (Phi) is 3.63. The number of β-amino-alcohol motifs (C(OH)–C–C–N with tert-alkyl or cyclic N) is 1. The second-order valence-corrected chi connectivity index (χ2v) is 3.65. The number of aliphatic hydroxyl groups is 1. The fourth-order valence-electron chi connectivity index (χ4n) is 1.36. The van der Waals surface area contributed by atoms with Crippen molar-refractivity contribution in [3.8, 4) is 0 Å². The maximum atomic E-state index is 9.18. The lowest BCUT2D eigenvalue weighted by Gasteiger charge is -2.33. The minimum absolute atomic E-state index is 0. The summed E-state index contributed by atoms with van der Waals surface area (Å²) in [6.45, 7) is 6.14. The van der Waals surface area contributed by atoms with Crippen LogP contribution < -0.4 is 5.32 Å². The summed E-state index contributed by atoms with van der Waals surface area (Å²) < 4.78 is 0. The first kappa shape index (κ1) is 10.2. The van der Waals surface area contributed by atoms with E-state index in [2.05, 4.69) is 19.2 Å². The molecule has 0 amide bonds. The van der Waals surface area contributed by atoms with Gasteiger partial charge in [-0.15, -0.1) is 12.4 Å². The maximum Gasteiger partial charge on any atom is 0.0670 e. The van der Waals surface area contributed by atoms with Gasteiger partial charge in [-0.2, -0.15) is 0 Å². The van der Waals surface area contributed by atoms with E-state index in [1.54, 1.807) is 0 Å². The topological polar surface area (TPSA) is 32.3 Å². The summed E-state index contributed by atoms with van der Waals surface area (Å²) in [4.78, 5) is 0. The van der Waals surface area contributed by atoms with Crippen LogP contribution in [-0.2, 0) is 0 Å². The molecule has 0 saturated carbocycles. The molecule has 2 N–H and O–H groups in total. The van der Waals surface area contributed by atoms with Crippen LogP contribution in [-0.4, -0.2) is 24.3 Å². The van der Waals surface area contributed by atoms with Gasteiger partial charge in [-0.25, -0.2) is 0 Å². The molecule has 1 fully saturated rings. The monoisotopic (exact) mass is 165 g/mol. The number of hydrogen-bond donors (Lipinski definition) is 2. The molecule has 2 nitrogen and oxygen atoms in total. The smallest absolute Gasteiger partial charge is 0.0670 e. The zero-order valence-corrected chi connectivity index (χ0v) is 7.37. The van der Waals surface area contributed by atoms with Crippen molar-refractivity contribution in [1.29, 1.82) is 0 Å². The fraction of sp³-hybridized carbons (Fsp3) is 1.00. The van der Waals surface area contributed by atoms with Gasteiger partial charge in [-0.05, 0) is 11.8 Å². The molecule has 62 valence electrons. The van der Waals surface area contributed by atoms with Gasteiger partial charge in [-0.3, -0.25) is 0 Å². The Hall–Kier alpha value is 0.210. The molecule has 1 aliphatic rings. The Morgan fingerprint density at radius 2 is 2.10 bits per heavy atom. The molecule has 10 heavy (non-hydrogen) atoms. The fourth-order valence-corrected chi connectivity index (χ4v) is 1.36. The highest BCUT2D eigenvalue weighted by Gasteiger charge is 2.25. The molecule has 1 rings (SSSR count). The van der Waals surface area contributed by atoms with E-state index in [4.69, 9.17) is 0 Å². The first-order valence-electron chi connectivity index (χ1n) is 3.49. The van der Waals surface area contributed by atoms with Gasteiger partial charge in [0.25, 0.3) is 0 Å². The van der Waals surface area contributed by atoms with Gasteiger partial charge in [0.2, 0.25) is 0 Å². The third-order valence-electron chi connectivity index (χ3n) is 1.77. The summed E-state index contributed by atoms with van der Waals surface area (Å²) in [7, 11) is 0. The van der Waals surface area contributed by atoms with E-state index >= 15 is 0 Å². The molecule has 0 bridgehead atoms. The molecule has 0 aliphatic carbocycles. The maximum absolute atomic E-state index is 9.18. The lowest BCUT2D eigenvalue weighted by Crippen LogP contribution is -2.43. The minimum Gasteiger partial charge on any atom is -0.392 e. The Morgan fingerprint density at radius 3 is 2.40 bits per heavy atom. The largest absolute Gasteiger partial charge is 0.392 e. The van der Waals surface area contributed by atoms with Gasteiger partial charge in [0.1, 0.15) is 0 Å². The number of rotatable bonds is 0. The zero-order valence-electron chi connectivity index (χ0n) is 6.55. The van der Waals surface area contributed by atoms with Crippen molar-refractivity contribution < 1.29 is 5.11 Å². The molecule has 0 aromatic carbocycles. The van der Waals surface area contributed by atoms with Crippen LogP contribution in [0.15, 0.2) is 0 Å². The summed E-state index contributed by atoms with van der Waals surface area (Å²) in [5.74, 6) is 0. The highest BCUT2D eigenvalue weighted by molar-refractivity contribution is 5.85. The molecular weight excluding hydrogens is 150 g/mol. The number of piperidine rings is 1. The highest BCUT2D eigenvalue weighted by Crippen LogP contribution is 2.23. The van der Waals surface area contributed by atoms with Crippen molar-refractivity contribution in [2.45, 2.75) is 26.4 Å². The molecule has 0 spiro atoms. The second-order valence-electron chi connectivity index (χ2n) is 3.65. The SMILES string of the molecule is CC1(C)CNC[C@@H](O)C1.Cl. The molecule has 0 aromatic heterocycles. The van der Waals surface area contributed by atoms with Crippen LogP contribution in [0.5, 0.6) is 0 Å². The standard InChI is InChI=1S/C7H15NO.ClH/c1-7(2)3-6(9)4-8-5-7;/h6,8-9H,3-5H2,1-2H3;1H/t6-;/m0./s1. The van der Waals surface area contributed by atoms with Gasteiger partial charge in [0.15, 0.2) is 0 Å². The number of halogens is 1. The summed E-state index contributed by atoms with van der Waals surface area (Å²) in [6.07, 6.45) is 0.800. The van der Waals surface area contributed by atoms with Crippen LogP contribution in [0.2, 0.25) is 0 Å². The van der Waals surface area contributed by atoms with Gasteiger partial charge in [-0.1, -0.05) is 13.8 Å². The minimum atomic E-state index is -0.131. The molecule has 0 aromatic rings. The van der Waals surface area contributed by atoms with Crippen LogP contribution in [0.3, 0.4) is 0 Å². The zero-order chi connectivity index (χ0) is 6.91. The van der Waals surface area contributed by atoms with E-state index in [1.165, 1.54) is 0 Å². The van der Waals surface area contributed by atoms with Crippen LogP contribution in [0.1, 0.15) is 20.3 Å². The number of hydrogen-bond acceptors (Lipinski definition) is 2. The van der Waals surface area contributed by atoms with E-state index in [1.807, 2.05) is 0 Å². The lowest BCUT2D eigenvalue weighted by atomic mass is 9.84. The van der Waals surface area contributed by atoms with Gasteiger partial charge < -0.3 is 10.4 Å². The predicted molar refractivity (Wildman–Crippen MR) is 44.5 cm³/mol. The van der Waals surface area contributed by atoms with Gasteiger partial charge in [0.05, 0.1) is 6.10 Å². The van der Waals surface area contributed by atoms with Crippen LogP contribution in [0, 0.1) is 5.41 Å². The third-order valence-corrected chi connectivity index (χ3v) is 1.77. The van der Waals surface area contributed by atoms with Gasteiger partial charge in [0, 0.05) is 13.1 Å². The quantitative estimate of drug-likeness (QED) is 0.557. The summed E-state index contributed by atoms with van der Waals surface area (Å²) in [5, 5.41) is 12.4. The normalized spacial score (nSPS) is 30.9.